The molecule has 0 amide bonds. The second-order valence-corrected chi connectivity index (χ2v) is 8.10. The van der Waals surface area contributed by atoms with Crippen LogP contribution in [0.5, 0.6) is 11.5 Å². The van der Waals surface area contributed by atoms with Crippen LogP contribution in [-0.2, 0) is 6.18 Å². The minimum Gasteiger partial charge on any atom is -0.507 e. The monoisotopic (exact) mass is 446 g/mol. The van der Waals surface area contributed by atoms with Crippen LogP contribution in [0.2, 0.25) is 0 Å². The Morgan fingerprint density at radius 2 is 1.03 bits per heavy atom. The van der Waals surface area contributed by atoms with Gasteiger partial charge in [0.2, 0.25) is 0 Å². The van der Waals surface area contributed by atoms with Crippen molar-refractivity contribution in [1.29, 1.82) is 0 Å². The lowest BCUT2D eigenvalue weighted by Crippen LogP contribution is -2.04. The van der Waals surface area contributed by atoms with Crippen molar-refractivity contribution in [3.8, 4) is 44.9 Å². The summed E-state index contributed by atoms with van der Waals surface area (Å²) in [5, 5.41) is 21.1. The number of carbonyl (C=O) groups is 1. The third kappa shape index (κ3) is 3.44. The normalized spacial score (nSPS) is 12.5. The number of hydrogen-bond acceptors (Lipinski definition) is 3. The molecule has 4 aromatic carbocycles. The van der Waals surface area contributed by atoms with E-state index in [0.717, 1.165) is 23.3 Å². The highest BCUT2D eigenvalue weighted by Crippen LogP contribution is 2.46. The molecule has 1 aliphatic carbocycles. The van der Waals surface area contributed by atoms with E-state index in [1.165, 1.54) is 24.3 Å². The number of benzene rings is 4. The molecule has 0 spiro atoms. The summed E-state index contributed by atoms with van der Waals surface area (Å²) in [4.78, 5) is 12.9. The quantitative estimate of drug-likeness (QED) is 0.308. The number of carbonyl (C=O) groups excluding carboxylic acids is 1. The van der Waals surface area contributed by atoms with E-state index in [2.05, 4.69) is 0 Å². The van der Waals surface area contributed by atoms with Crippen LogP contribution in [0.1, 0.15) is 27.0 Å². The number of halogens is 3. The maximum atomic E-state index is 12.9. The van der Waals surface area contributed by atoms with E-state index in [1.54, 1.807) is 12.1 Å². The fraction of sp³-hybridized carbons (Fsp3) is 0.0741. The smallest absolute Gasteiger partial charge is 0.416 e. The lowest BCUT2D eigenvalue weighted by Gasteiger charge is -2.11. The molecule has 6 heteroatoms. The number of aromatic hydroxyl groups is 2. The molecule has 0 heterocycles. The van der Waals surface area contributed by atoms with Gasteiger partial charge in [-0.1, -0.05) is 42.0 Å². The molecule has 0 unspecified atom stereocenters. The molecule has 0 aliphatic heterocycles. The molecule has 0 aromatic heterocycles. The summed E-state index contributed by atoms with van der Waals surface area (Å²) in [5.74, 6) is -0.580. The Labute approximate surface area is 187 Å². The Hall–Kier alpha value is -4.06. The maximum Gasteiger partial charge on any atom is 0.416 e. The van der Waals surface area contributed by atoms with Crippen molar-refractivity contribution >= 4 is 5.78 Å². The number of aryl methyl sites for hydroxylation is 1. The SMILES string of the molecule is Cc1ccc(-c2cc3c(cc2O)C(=O)c2cc(O)c(-c4ccc(C(F)(F)F)cc4)cc2-3)cc1. The van der Waals surface area contributed by atoms with Gasteiger partial charge >= 0.3 is 6.18 Å². The second-order valence-electron chi connectivity index (χ2n) is 8.10. The van der Waals surface area contributed by atoms with Crippen LogP contribution in [0.15, 0.2) is 72.8 Å². The van der Waals surface area contributed by atoms with E-state index in [4.69, 9.17) is 0 Å². The summed E-state index contributed by atoms with van der Waals surface area (Å²) in [6, 6.07) is 18.1. The van der Waals surface area contributed by atoms with Gasteiger partial charge in [0, 0.05) is 22.3 Å². The summed E-state index contributed by atoms with van der Waals surface area (Å²) < 4.78 is 38.7. The fourth-order valence-electron chi connectivity index (χ4n) is 4.18. The molecule has 2 N–H and O–H groups in total. The molecule has 5 rings (SSSR count). The van der Waals surface area contributed by atoms with Crippen molar-refractivity contribution in [3.63, 3.8) is 0 Å². The van der Waals surface area contributed by atoms with E-state index >= 15 is 0 Å². The average Bonchev–Trinajstić information content (AvgIpc) is 3.03. The molecule has 164 valence electrons. The first-order chi connectivity index (χ1) is 15.6. The molecule has 0 atom stereocenters. The predicted molar refractivity (Wildman–Crippen MR) is 119 cm³/mol. The first-order valence-electron chi connectivity index (χ1n) is 10.2. The van der Waals surface area contributed by atoms with Crippen molar-refractivity contribution in [2.45, 2.75) is 13.1 Å². The highest BCUT2D eigenvalue weighted by Gasteiger charge is 2.32. The molecule has 0 saturated carbocycles. The van der Waals surface area contributed by atoms with Gasteiger partial charge < -0.3 is 10.2 Å². The van der Waals surface area contributed by atoms with Gasteiger partial charge in [-0.3, -0.25) is 4.79 Å². The third-order valence-corrected chi connectivity index (χ3v) is 5.94. The number of phenols is 2. The molecule has 1 aliphatic rings. The lowest BCUT2D eigenvalue weighted by molar-refractivity contribution is -0.137. The number of alkyl halides is 3. The van der Waals surface area contributed by atoms with Gasteiger partial charge in [0.05, 0.1) is 5.56 Å². The van der Waals surface area contributed by atoms with Crippen LogP contribution in [0.25, 0.3) is 33.4 Å². The van der Waals surface area contributed by atoms with Gasteiger partial charge in [0.25, 0.3) is 0 Å². The highest BCUT2D eigenvalue weighted by molar-refractivity contribution is 6.23. The summed E-state index contributed by atoms with van der Waals surface area (Å²) in [5.41, 5.74) is 4.05. The predicted octanol–water partition coefficient (Wildman–Crippen LogP) is 6.97. The maximum absolute atomic E-state index is 12.9. The average molecular weight is 446 g/mol. The van der Waals surface area contributed by atoms with Crippen molar-refractivity contribution < 1.29 is 28.2 Å². The Morgan fingerprint density at radius 3 is 1.45 bits per heavy atom. The third-order valence-electron chi connectivity index (χ3n) is 5.94. The molecule has 0 radical (unpaired) electrons. The zero-order valence-electron chi connectivity index (χ0n) is 17.4. The standard InChI is InChI=1S/C27H17F3O3/c1-14-2-4-15(5-3-14)18-10-20-21-11-19(16-6-8-17(9-7-16)27(28,29)30)25(32)13-23(21)26(33)22(20)12-24(18)31/h2-13,31-32H,1H3. The second kappa shape index (κ2) is 7.24. The number of fused-ring (bicyclic) bond motifs is 3. The number of ketones is 1. The Balaban J connectivity index is 1.65. The number of hydrogen-bond donors (Lipinski definition) is 2. The van der Waals surface area contributed by atoms with Gasteiger partial charge in [-0.2, -0.15) is 13.2 Å². The Bertz CT molecular complexity index is 1420. The van der Waals surface area contributed by atoms with E-state index in [-0.39, 0.29) is 22.8 Å². The lowest BCUT2D eigenvalue weighted by atomic mass is 9.94. The van der Waals surface area contributed by atoms with Crippen LogP contribution < -0.4 is 0 Å². The van der Waals surface area contributed by atoms with Gasteiger partial charge in [-0.15, -0.1) is 0 Å². The minimum absolute atomic E-state index is 0.0362. The topological polar surface area (TPSA) is 57.5 Å². The van der Waals surface area contributed by atoms with Crippen molar-refractivity contribution in [2.24, 2.45) is 0 Å². The van der Waals surface area contributed by atoms with Gasteiger partial charge in [-0.05, 0) is 65.6 Å². The van der Waals surface area contributed by atoms with Crippen LogP contribution in [0, 0.1) is 6.92 Å². The Morgan fingerprint density at radius 1 is 0.606 bits per heavy atom. The number of phenolic OH excluding ortho intramolecular Hbond substituents is 2. The van der Waals surface area contributed by atoms with E-state index in [0.29, 0.717) is 33.4 Å². The minimum atomic E-state index is -4.46. The number of rotatable bonds is 2. The largest absolute Gasteiger partial charge is 0.507 e. The summed E-state index contributed by atoms with van der Waals surface area (Å²) in [6.07, 6.45) is -4.46. The molecular weight excluding hydrogens is 429 g/mol. The summed E-state index contributed by atoms with van der Waals surface area (Å²) in [7, 11) is 0. The molecule has 0 saturated heterocycles. The molecule has 0 bridgehead atoms. The zero-order chi connectivity index (χ0) is 23.5. The highest BCUT2D eigenvalue weighted by atomic mass is 19.4. The summed E-state index contributed by atoms with van der Waals surface area (Å²) >= 11 is 0. The first-order valence-corrected chi connectivity index (χ1v) is 10.2. The first kappa shape index (κ1) is 20.8. The molecular formula is C27H17F3O3. The molecule has 4 aromatic rings. The van der Waals surface area contributed by atoms with Crippen LogP contribution >= 0.6 is 0 Å². The van der Waals surface area contributed by atoms with E-state index < -0.39 is 11.7 Å². The Kier molecular flexibility index (Phi) is 4.57. The van der Waals surface area contributed by atoms with Crippen LogP contribution in [-0.4, -0.2) is 16.0 Å². The summed E-state index contributed by atoms with van der Waals surface area (Å²) in [6.45, 7) is 1.95. The van der Waals surface area contributed by atoms with Crippen LogP contribution in [0.4, 0.5) is 13.2 Å². The van der Waals surface area contributed by atoms with E-state index in [1.807, 2.05) is 31.2 Å². The van der Waals surface area contributed by atoms with E-state index in [9.17, 15) is 28.2 Å². The molecule has 0 fully saturated rings. The van der Waals surface area contributed by atoms with Crippen molar-refractivity contribution in [1.82, 2.24) is 0 Å². The van der Waals surface area contributed by atoms with Crippen molar-refractivity contribution in [2.75, 3.05) is 0 Å². The molecule has 3 nitrogen and oxygen atoms in total. The fourth-order valence-corrected chi connectivity index (χ4v) is 4.18. The van der Waals surface area contributed by atoms with Gasteiger partial charge in [0.15, 0.2) is 5.78 Å². The van der Waals surface area contributed by atoms with Crippen LogP contribution in [0.3, 0.4) is 0 Å². The van der Waals surface area contributed by atoms with Gasteiger partial charge in [-0.25, -0.2) is 0 Å². The van der Waals surface area contributed by atoms with Gasteiger partial charge in [0.1, 0.15) is 11.5 Å². The molecule has 33 heavy (non-hydrogen) atoms. The van der Waals surface area contributed by atoms with Crippen molar-refractivity contribution in [3.05, 3.63) is 95.1 Å². The zero-order valence-corrected chi connectivity index (χ0v) is 17.4.